The van der Waals surface area contributed by atoms with Crippen LogP contribution in [0.5, 0.6) is 23.0 Å². The number of nitrogens with zero attached hydrogens (tertiary/aromatic N) is 4. The van der Waals surface area contributed by atoms with E-state index in [9.17, 15) is 0 Å². The standard InChI is InChI=1S/C54H56N4O6/c1-5-31-29-57-23-19-33(31)25-45(57)53(39-17-21-55-43-13-11-35(61-3)27-41(39)43)63-47-15-16-48(50-49(47)51(59)37-9-7-8-10-38(37)52(50)60)64-54(46-26-34-20-24-58(46)30-32(34)6-2)40-18-22-56-44-14-12-36(62-4)28-42(40)44/h7-18,21-22,27-28,31-34,45-46,53-54H,5-6,19-20,23-26,29-30H2,1-4H3/t31-,32-,33-,34-,45-,46-,53-,54-/m0/s1. The van der Waals surface area contributed by atoms with Crippen LogP contribution in [0.2, 0.25) is 0 Å². The van der Waals surface area contributed by atoms with E-state index in [0.717, 1.165) is 109 Å². The molecule has 2 unspecified atom stereocenters. The molecule has 0 radical (unpaired) electrons. The molecule has 0 amide bonds. The van der Waals surface area contributed by atoms with Gasteiger partial charge in [0.15, 0.2) is 11.6 Å². The van der Waals surface area contributed by atoms with Crippen LogP contribution in [-0.4, -0.2) is 83.8 Å². The summed E-state index contributed by atoms with van der Waals surface area (Å²) in [7, 11) is 3.35. The van der Waals surface area contributed by atoms with Crippen LogP contribution in [0.1, 0.15) is 108 Å². The van der Waals surface area contributed by atoms with Gasteiger partial charge in [-0.05, 0) is 123 Å². The average molecular weight is 857 g/mol. The fraction of sp³-hybridized carbons (Fsp3) is 0.407. The van der Waals surface area contributed by atoms with E-state index < -0.39 is 12.2 Å². The molecule has 13 rings (SSSR count). The van der Waals surface area contributed by atoms with Crippen molar-refractivity contribution < 1.29 is 28.5 Å². The third kappa shape index (κ3) is 6.83. The zero-order valence-corrected chi connectivity index (χ0v) is 37.2. The topological polar surface area (TPSA) is 103 Å². The number of rotatable bonds is 12. The van der Waals surface area contributed by atoms with Gasteiger partial charge in [-0.1, -0.05) is 51.0 Å². The molecule has 4 bridgehead atoms. The minimum atomic E-state index is -0.475. The molecule has 0 spiro atoms. The second kappa shape index (κ2) is 16.6. The van der Waals surface area contributed by atoms with Crippen molar-refractivity contribution in [2.45, 2.75) is 76.7 Å². The Morgan fingerprint density at radius 1 is 0.609 bits per heavy atom. The van der Waals surface area contributed by atoms with Crippen LogP contribution in [0.25, 0.3) is 21.8 Å². The Labute approximate surface area is 374 Å². The molecule has 6 aliphatic heterocycles. The van der Waals surface area contributed by atoms with Crippen molar-refractivity contribution in [3.05, 3.63) is 131 Å². The molecule has 2 aromatic heterocycles. The smallest absolute Gasteiger partial charge is 0.198 e. The zero-order chi connectivity index (χ0) is 43.6. The summed E-state index contributed by atoms with van der Waals surface area (Å²) < 4.78 is 26.3. The van der Waals surface area contributed by atoms with Crippen molar-refractivity contribution in [1.82, 2.24) is 19.8 Å². The normalized spacial score (nSPS) is 26.6. The van der Waals surface area contributed by atoms with E-state index in [2.05, 4.69) is 23.6 Å². The number of carbonyl (C=O) groups excluding carboxylic acids is 2. The highest BCUT2D eigenvalue weighted by Crippen LogP contribution is 2.49. The van der Waals surface area contributed by atoms with Crippen molar-refractivity contribution >= 4 is 33.4 Å². The number of pyridine rings is 2. The molecule has 7 aliphatic rings. The third-order valence-electron chi connectivity index (χ3n) is 15.7. The number of hydrogen-bond acceptors (Lipinski definition) is 10. The molecule has 10 nitrogen and oxygen atoms in total. The van der Waals surface area contributed by atoms with E-state index in [4.69, 9.17) is 28.9 Å². The summed E-state index contributed by atoms with van der Waals surface area (Å²) in [6.45, 7) is 8.58. The van der Waals surface area contributed by atoms with Crippen molar-refractivity contribution in [3.8, 4) is 23.0 Å². The lowest BCUT2D eigenvalue weighted by Crippen LogP contribution is -2.56. The first-order valence-corrected chi connectivity index (χ1v) is 23.4. The summed E-state index contributed by atoms with van der Waals surface area (Å²) in [5.41, 5.74) is 4.87. The second-order valence-electron chi connectivity index (χ2n) is 18.7. The highest BCUT2D eigenvalue weighted by molar-refractivity contribution is 6.30. The van der Waals surface area contributed by atoms with Gasteiger partial charge in [-0.3, -0.25) is 29.4 Å². The molecule has 0 N–H and O–H groups in total. The van der Waals surface area contributed by atoms with Crippen LogP contribution in [0.4, 0.5) is 0 Å². The third-order valence-corrected chi connectivity index (χ3v) is 15.7. The maximum Gasteiger partial charge on any atom is 0.198 e. The summed E-state index contributed by atoms with van der Waals surface area (Å²) in [6.07, 6.45) is 9.30. The Morgan fingerprint density at radius 2 is 1.06 bits per heavy atom. The van der Waals surface area contributed by atoms with E-state index in [1.54, 1.807) is 26.4 Å². The van der Waals surface area contributed by atoms with Crippen molar-refractivity contribution in [3.63, 3.8) is 0 Å². The van der Waals surface area contributed by atoms with Crippen LogP contribution >= 0.6 is 0 Å². The molecule has 6 fully saturated rings. The Hall–Kier alpha value is -5.84. The molecule has 8 heterocycles. The number of aromatic nitrogens is 2. The summed E-state index contributed by atoms with van der Waals surface area (Å²) in [5, 5.41) is 1.88. The molecule has 10 atom stereocenters. The molecule has 4 aromatic carbocycles. The van der Waals surface area contributed by atoms with Gasteiger partial charge < -0.3 is 18.9 Å². The van der Waals surface area contributed by atoms with E-state index >= 15 is 9.59 Å². The SMILES string of the molecule is CC[C@H]1CN2CC[C@H]1C[C@H]2[C@@H](Oc1ccc(O[C@@H](c2ccnc3ccc(OC)cc23)[C@@H]2C[C@@H]3CCN2C[C@@H]3CC)c2c1C(=O)c1ccccc1C2=O)c1ccnc2ccc(OC)cc12. The Kier molecular flexibility index (Phi) is 10.6. The van der Waals surface area contributed by atoms with E-state index in [1.165, 1.54) is 0 Å². The number of carbonyl (C=O) groups is 2. The lowest BCUT2D eigenvalue weighted by Gasteiger charge is -2.52. The average Bonchev–Trinajstić information content (AvgIpc) is 3.36. The fourth-order valence-corrected chi connectivity index (χ4v) is 12.3. The van der Waals surface area contributed by atoms with Crippen LogP contribution in [0.15, 0.2) is 97.3 Å². The Bertz CT molecular complexity index is 2600. The summed E-state index contributed by atoms with van der Waals surface area (Å²) >= 11 is 0. The van der Waals surface area contributed by atoms with Gasteiger partial charge in [0.2, 0.25) is 0 Å². The maximum atomic E-state index is 15.1. The molecule has 6 aromatic rings. The summed E-state index contributed by atoms with van der Waals surface area (Å²) in [6, 6.07) is 27.0. The van der Waals surface area contributed by atoms with Crippen LogP contribution in [0, 0.1) is 23.7 Å². The molecular weight excluding hydrogens is 801 g/mol. The zero-order valence-electron chi connectivity index (χ0n) is 37.2. The Morgan fingerprint density at radius 3 is 1.45 bits per heavy atom. The molecule has 0 saturated carbocycles. The highest BCUT2D eigenvalue weighted by Gasteiger charge is 2.47. The van der Waals surface area contributed by atoms with Gasteiger partial charge in [0.05, 0.1) is 48.5 Å². The summed E-state index contributed by atoms with van der Waals surface area (Å²) in [5.74, 6) is 4.15. The monoisotopic (exact) mass is 856 g/mol. The van der Waals surface area contributed by atoms with Gasteiger partial charge >= 0.3 is 0 Å². The first-order chi connectivity index (χ1) is 31.3. The second-order valence-corrected chi connectivity index (χ2v) is 18.7. The Balaban J connectivity index is 1.07. The molecule has 64 heavy (non-hydrogen) atoms. The number of hydrogen-bond donors (Lipinski definition) is 0. The molecule has 6 saturated heterocycles. The number of ketones is 2. The minimum Gasteiger partial charge on any atom is -0.497 e. The highest BCUT2D eigenvalue weighted by atomic mass is 16.5. The molecule has 328 valence electrons. The largest absolute Gasteiger partial charge is 0.497 e. The fourth-order valence-electron chi connectivity index (χ4n) is 12.3. The van der Waals surface area contributed by atoms with Gasteiger partial charge in [-0.2, -0.15) is 0 Å². The quantitative estimate of drug-likeness (QED) is 0.118. The molecule has 1 aliphatic carbocycles. The van der Waals surface area contributed by atoms with E-state index in [-0.39, 0.29) is 34.8 Å². The van der Waals surface area contributed by atoms with Gasteiger partial charge in [0, 0.05) is 58.5 Å². The van der Waals surface area contributed by atoms with Crippen molar-refractivity contribution in [2.75, 3.05) is 40.4 Å². The van der Waals surface area contributed by atoms with Crippen LogP contribution in [-0.2, 0) is 0 Å². The van der Waals surface area contributed by atoms with Gasteiger partial charge in [0.1, 0.15) is 35.2 Å². The molecule has 10 heteroatoms. The predicted octanol–water partition coefficient (Wildman–Crippen LogP) is 10.1. The van der Waals surface area contributed by atoms with Crippen molar-refractivity contribution in [1.29, 1.82) is 0 Å². The summed E-state index contributed by atoms with van der Waals surface area (Å²) in [4.78, 5) is 45.0. The van der Waals surface area contributed by atoms with Gasteiger partial charge in [-0.15, -0.1) is 0 Å². The lowest BCUT2D eigenvalue weighted by atomic mass is 9.72. The molecular formula is C54H56N4O6. The number of methoxy groups -OCH3 is 2. The van der Waals surface area contributed by atoms with Gasteiger partial charge in [-0.25, -0.2) is 0 Å². The number of fused-ring (bicyclic) bond motifs is 10. The van der Waals surface area contributed by atoms with Gasteiger partial charge in [0.25, 0.3) is 0 Å². The number of piperidine rings is 6. The van der Waals surface area contributed by atoms with Crippen molar-refractivity contribution in [2.24, 2.45) is 23.7 Å². The number of ether oxygens (including phenoxy) is 4. The van der Waals surface area contributed by atoms with E-state index in [0.29, 0.717) is 46.3 Å². The first kappa shape index (κ1) is 40.9. The first-order valence-electron chi connectivity index (χ1n) is 23.4. The number of benzene rings is 4. The van der Waals surface area contributed by atoms with Crippen LogP contribution < -0.4 is 18.9 Å². The van der Waals surface area contributed by atoms with Crippen LogP contribution in [0.3, 0.4) is 0 Å². The van der Waals surface area contributed by atoms with E-state index in [1.807, 2.05) is 85.2 Å². The maximum absolute atomic E-state index is 15.1. The minimum absolute atomic E-state index is 0.0377. The lowest BCUT2D eigenvalue weighted by molar-refractivity contribution is -0.0493. The predicted molar refractivity (Wildman–Crippen MR) is 247 cm³/mol.